The molecule has 1 aromatic heterocycles. The molecule has 2 rings (SSSR count). The van der Waals surface area contributed by atoms with Crippen LogP contribution in [0.15, 0.2) is 34.0 Å². The van der Waals surface area contributed by atoms with Gasteiger partial charge < -0.3 is 5.32 Å². The zero-order valence-electron chi connectivity index (χ0n) is 10.4. The second-order valence-corrected chi connectivity index (χ2v) is 6.03. The zero-order chi connectivity index (χ0) is 13.7. The number of nitrogens with zero attached hydrogens (tertiary/aromatic N) is 1. The number of benzene rings is 1. The lowest BCUT2D eigenvalue weighted by Crippen LogP contribution is -2.24. The maximum atomic E-state index is 12.7. The highest BCUT2D eigenvalue weighted by atomic mass is 32.2. The topological polar surface area (TPSA) is 42.0 Å². The molecular weight excluding hydrogens is 283 g/mol. The van der Waals surface area contributed by atoms with Crippen LogP contribution in [0.1, 0.15) is 11.3 Å². The fourth-order valence-corrected chi connectivity index (χ4v) is 3.06. The average Bonchev–Trinajstić information content (AvgIpc) is 2.81. The zero-order valence-corrected chi connectivity index (χ0v) is 12.0. The van der Waals surface area contributed by atoms with E-state index in [0.29, 0.717) is 12.3 Å². The number of amides is 1. The Balaban J connectivity index is 1.74. The Labute approximate surface area is 119 Å². The van der Waals surface area contributed by atoms with Gasteiger partial charge in [-0.05, 0) is 24.6 Å². The summed E-state index contributed by atoms with van der Waals surface area (Å²) in [5.41, 5.74) is 1.85. The van der Waals surface area contributed by atoms with Gasteiger partial charge in [0, 0.05) is 17.6 Å². The standard InChI is InChI=1S/C13H13FN2OS2/c1-9-7-18-13(16-9)19-8-12(17)15-6-10-2-4-11(14)5-3-10/h2-5,7H,6,8H2,1H3,(H,15,17). The van der Waals surface area contributed by atoms with Crippen LogP contribution in [0.3, 0.4) is 0 Å². The normalized spacial score (nSPS) is 10.4. The van der Waals surface area contributed by atoms with Gasteiger partial charge in [0.2, 0.25) is 5.91 Å². The third-order valence-corrected chi connectivity index (χ3v) is 4.47. The number of hydrogen-bond donors (Lipinski definition) is 1. The average molecular weight is 296 g/mol. The SMILES string of the molecule is Cc1csc(SCC(=O)NCc2ccc(F)cc2)n1. The van der Waals surface area contributed by atoms with Crippen molar-refractivity contribution >= 4 is 29.0 Å². The summed E-state index contributed by atoms with van der Waals surface area (Å²) in [4.78, 5) is 15.9. The van der Waals surface area contributed by atoms with Crippen LogP contribution < -0.4 is 5.32 Å². The van der Waals surface area contributed by atoms with Crippen molar-refractivity contribution in [2.45, 2.75) is 17.8 Å². The number of carbonyl (C=O) groups is 1. The predicted molar refractivity (Wildman–Crippen MR) is 75.8 cm³/mol. The minimum atomic E-state index is -0.273. The molecule has 0 aliphatic heterocycles. The van der Waals surface area contributed by atoms with Gasteiger partial charge in [0.05, 0.1) is 5.75 Å². The van der Waals surface area contributed by atoms with Crippen molar-refractivity contribution < 1.29 is 9.18 Å². The summed E-state index contributed by atoms with van der Waals surface area (Å²) < 4.78 is 13.6. The van der Waals surface area contributed by atoms with Crippen molar-refractivity contribution in [1.82, 2.24) is 10.3 Å². The number of thiazole rings is 1. The monoisotopic (exact) mass is 296 g/mol. The Morgan fingerprint density at radius 3 is 2.79 bits per heavy atom. The molecule has 6 heteroatoms. The minimum absolute atomic E-state index is 0.0535. The van der Waals surface area contributed by atoms with Crippen LogP contribution in [0, 0.1) is 12.7 Å². The van der Waals surface area contributed by atoms with Crippen LogP contribution in [0.5, 0.6) is 0 Å². The lowest BCUT2D eigenvalue weighted by atomic mass is 10.2. The van der Waals surface area contributed by atoms with E-state index in [-0.39, 0.29) is 11.7 Å². The van der Waals surface area contributed by atoms with E-state index in [1.807, 2.05) is 12.3 Å². The maximum Gasteiger partial charge on any atom is 0.230 e. The van der Waals surface area contributed by atoms with E-state index in [2.05, 4.69) is 10.3 Å². The smallest absolute Gasteiger partial charge is 0.230 e. The van der Waals surface area contributed by atoms with E-state index in [0.717, 1.165) is 15.6 Å². The Kier molecular flexibility index (Phi) is 4.93. The first-order valence-corrected chi connectivity index (χ1v) is 7.56. The third-order valence-electron chi connectivity index (χ3n) is 2.33. The summed E-state index contributed by atoms with van der Waals surface area (Å²) in [6.45, 7) is 2.34. The Morgan fingerprint density at radius 2 is 2.16 bits per heavy atom. The molecule has 0 atom stereocenters. The molecule has 0 radical (unpaired) electrons. The quantitative estimate of drug-likeness (QED) is 0.862. The van der Waals surface area contributed by atoms with Gasteiger partial charge >= 0.3 is 0 Å². The molecule has 100 valence electrons. The fourth-order valence-electron chi connectivity index (χ4n) is 1.38. The van der Waals surface area contributed by atoms with Crippen molar-refractivity contribution in [2.75, 3.05) is 5.75 Å². The number of rotatable bonds is 5. The Bertz CT molecular complexity index is 554. The van der Waals surface area contributed by atoms with Crippen molar-refractivity contribution in [1.29, 1.82) is 0 Å². The van der Waals surface area contributed by atoms with Gasteiger partial charge in [-0.1, -0.05) is 23.9 Å². The summed E-state index contributed by atoms with van der Waals surface area (Å²) in [5, 5.41) is 4.75. The molecule has 1 amide bonds. The molecule has 0 saturated carbocycles. The molecule has 1 aromatic carbocycles. The van der Waals surface area contributed by atoms with Crippen LogP contribution in [0.4, 0.5) is 4.39 Å². The van der Waals surface area contributed by atoms with E-state index in [9.17, 15) is 9.18 Å². The van der Waals surface area contributed by atoms with E-state index < -0.39 is 0 Å². The number of halogens is 1. The number of carbonyl (C=O) groups excluding carboxylic acids is 1. The van der Waals surface area contributed by atoms with E-state index in [1.165, 1.54) is 35.2 Å². The molecule has 0 aliphatic carbocycles. The third kappa shape index (κ3) is 4.65. The molecule has 1 N–H and O–H groups in total. The van der Waals surface area contributed by atoms with Crippen LogP contribution in [-0.2, 0) is 11.3 Å². The lowest BCUT2D eigenvalue weighted by Gasteiger charge is -2.04. The molecular formula is C13H13FN2OS2. The largest absolute Gasteiger partial charge is 0.351 e. The number of thioether (sulfide) groups is 1. The second kappa shape index (κ2) is 6.68. The molecule has 0 spiro atoms. The molecule has 0 bridgehead atoms. The first-order valence-electron chi connectivity index (χ1n) is 5.69. The van der Waals surface area contributed by atoms with Gasteiger partial charge in [-0.15, -0.1) is 11.3 Å². The highest BCUT2D eigenvalue weighted by Crippen LogP contribution is 2.21. The van der Waals surface area contributed by atoms with Gasteiger partial charge in [-0.2, -0.15) is 0 Å². The summed E-state index contributed by atoms with van der Waals surface area (Å²) >= 11 is 2.96. The molecule has 0 unspecified atom stereocenters. The number of hydrogen-bond acceptors (Lipinski definition) is 4. The number of aryl methyl sites for hydroxylation is 1. The van der Waals surface area contributed by atoms with Crippen LogP contribution in [-0.4, -0.2) is 16.6 Å². The van der Waals surface area contributed by atoms with Crippen molar-refractivity contribution in [2.24, 2.45) is 0 Å². The van der Waals surface area contributed by atoms with Gasteiger partial charge in [0.1, 0.15) is 5.82 Å². The van der Waals surface area contributed by atoms with Gasteiger partial charge in [0.25, 0.3) is 0 Å². The Morgan fingerprint density at radius 1 is 1.42 bits per heavy atom. The minimum Gasteiger partial charge on any atom is -0.351 e. The van der Waals surface area contributed by atoms with Crippen LogP contribution in [0.2, 0.25) is 0 Å². The van der Waals surface area contributed by atoms with Crippen LogP contribution in [0.25, 0.3) is 0 Å². The molecule has 2 aromatic rings. The summed E-state index contributed by atoms with van der Waals surface area (Å²) in [5.74, 6) is 0.0145. The highest BCUT2D eigenvalue weighted by Gasteiger charge is 2.05. The second-order valence-electron chi connectivity index (χ2n) is 3.95. The molecule has 0 aliphatic rings. The fraction of sp³-hybridized carbons (Fsp3) is 0.231. The summed E-state index contributed by atoms with van der Waals surface area (Å²) in [6, 6.07) is 6.09. The highest BCUT2D eigenvalue weighted by molar-refractivity contribution is 8.01. The molecule has 19 heavy (non-hydrogen) atoms. The van der Waals surface area contributed by atoms with Crippen molar-refractivity contribution in [3.05, 3.63) is 46.7 Å². The lowest BCUT2D eigenvalue weighted by molar-refractivity contribution is -0.118. The molecule has 1 heterocycles. The van der Waals surface area contributed by atoms with Gasteiger partial charge in [-0.25, -0.2) is 9.37 Å². The summed E-state index contributed by atoms with van der Waals surface area (Å²) in [6.07, 6.45) is 0. The van der Waals surface area contributed by atoms with Gasteiger partial charge in [-0.3, -0.25) is 4.79 Å². The molecule has 0 fully saturated rings. The van der Waals surface area contributed by atoms with E-state index in [4.69, 9.17) is 0 Å². The first kappa shape index (κ1) is 14.0. The predicted octanol–water partition coefficient (Wildman–Crippen LogP) is 3.00. The number of aromatic nitrogens is 1. The van der Waals surface area contributed by atoms with E-state index >= 15 is 0 Å². The number of nitrogens with one attached hydrogen (secondary N) is 1. The molecule has 0 saturated heterocycles. The summed E-state index contributed by atoms with van der Waals surface area (Å²) in [7, 11) is 0. The maximum absolute atomic E-state index is 12.7. The Hall–Kier alpha value is -1.40. The van der Waals surface area contributed by atoms with Crippen LogP contribution >= 0.6 is 23.1 Å². The van der Waals surface area contributed by atoms with Crippen molar-refractivity contribution in [3.8, 4) is 0 Å². The van der Waals surface area contributed by atoms with E-state index in [1.54, 1.807) is 12.1 Å². The molecule has 3 nitrogen and oxygen atoms in total. The van der Waals surface area contributed by atoms with Crippen molar-refractivity contribution in [3.63, 3.8) is 0 Å². The van der Waals surface area contributed by atoms with Gasteiger partial charge in [0.15, 0.2) is 4.34 Å². The first-order chi connectivity index (χ1) is 9.13.